The number of esters is 1. The van der Waals surface area contributed by atoms with E-state index in [-0.39, 0.29) is 12.2 Å². The molecule has 1 atom stereocenters. The molecule has 4 rings (SSSR count). The molecule has 0 saturated carbocycles. The Kier molecular flexibility index (Phi) is 5.67. The number of anilines is 1. The van der Waals surface area contributed by atoms with Crippen molar-refractivity contribution in [1.29, 1.82) is 5.41 Å². The third kappa shape index (κ3) is 3.61. The fourth-order valence-corrected chi connectivity index (χ4v) is 3.84. The van der Waals surface area contributed by atoms with Crippen molar-refractivity contribution in [1.82, 2.24) is 14.5 Å². The lowest BCUT2D eigenvalue weighted by Crippen LogP contribution is -2.38. The van der Waals surface area contributed by atoms with E-state index in [1.54, 1.807) is 11.5 Å². The van der Waals surface area contributed by atoms with Gasteiger partial charge in [-0.2, -0.15) is 9.97 Å². The number of aromatic nitrogens is 3. The van der Waals surface area contributed by atoms with Gasteiger partial charge < -0.3 is 10.1 Å². The van der Waals surface area contributed by atoms with Gasteiger partial charge in [0.15, 0.2) is 5.16 Å². The standard InChI is InChI=1S/C22H21N5O2S/c1-3-29-19(28)16-17(14-10-6-4-7-11-14)24-21-26-22(30-2)25-20(23)27(21)18(16)15-12-8-5-9-13-15/h4-13,18H,3H2,1-2H3,(H2,23,24,25,26). The molecule has 2 N–H and O–H groups in total. The quantitative estimate of drug-likeness (QED) is 0.486. The third-order valence-corrected chi connectivity index (χ3v) is 5.30. The third-order valence-electron chi connectivity index (χ3n) is 4.75. The molecular formula is C22H21N5O2S. The van der Waals surface area contributed by atoms with Gasteiger partial charge in [0.1, 0.15) is 0 Å². The summed E-state index contributed by atoms with van der Waals surface area (Å²) in [7, 11) is 0. The molecule has 3 aromatic rings. The summed E-state index contributed by atoms with van der Waals surface area (Å²) in [5, 5.41) is 12.3. The fourth-order valence-electron chi connectivity index (χ4n) is 3.49. The van der Waals surface area contributed by atoms with Crippen LogP contribution in [0.1, 0.15) is 24.1 Å². The molecule has 8 heteroatoms. The van der Waals surface area contributed by atoms with Crippen molar-refractivity contribution in [2.24, 2.45) is 0 Å². The lowest BCUT2D eigenvalue weighted by Gasteiger charge is -2.32. The van der Waals surface area contributed by atoms with E-state index >= 15 is 0 Å². The first-order valence-electron chi connectivity index (χ1n) is 9.51. The van der Waals surface area contributed by atoms with E-state index < -0.39 is 12.0 Å². The second-order valence-corrected chi connectivity index (χ2v) is 7.31. The Balaban J connectivity index is 2.04. The predicted molar refractivity (Wildman–Crippen MR) is 116 cm³/mol. The molecule has 152 valence electrons. The summed E-state index contributed by atoms with van der Waals surface area (Å²) in [5.41, 5.74) is 2.73. The van der Waals surface area contributed by atoms with Gasteiger partial charge in [0, 0.05) is 0 Å². The summed E-state index contributed by atoms with van der Waals surface area (Å²) in [5.74, 6) is 0.0179. The zero-order valence-electron chi connectivity index (χ0n) is 16.6. The average molecular weight is 420 g/mol. The molecule has 1 unspecified atom stereocenters. The molecule has 0 bridgehead atoms. The molecular weight excluding hydrogens is 398 g/mol. The van der Waals surface area contributed by atoms with Crippen LogP contribution in [0.2, 0.25) is 0 Å². The van der Waals surface area contributed by atoms with Crippen molar-refractivity contribution in [3.63, 3.8) is 0 Å². The van der Waals surface area contributed by atoms with Crippen molar-refractivity contribution in [2.45, 2.75) is 18.1 Å². The first-order valence-corrected chi connectivity index (χ1v) is 10.7. The highest BCUT2D eigenvalue weighted by molar-refractivity contribution is 7.98. The molecule has 1 aliphatic rings. The van der Waals surface area contributed by atoms with Gasteiger partial charge in [-0.25, -0.2) is 4.79 Å². The number of carbonyl (C=O) groups is 1. The maximum Gasteiger partial charge on any atom is 0.338 e. The van der Waals surface area contributed by atoms with Crippen molar-refractivity contribution in [2.75, 3.05) is 18.2 Å². The van der Waals surface area contributed by atoms with Crippen molar-refractivity contribution < 1.29 is 9.53 Å². The van der Waals surface area contributed by atoms with E-state index in [1.807, 2.05) is 66.9 Å². The summed E-state index contributed by atoms with van der Waals surface area (Å²) in [4.78, 5) is 22.0. The van der Waals surface area contributed by atoms with Crippen LogP contribution in [0.4, 0.5) is 5.95 Å². The number of nitrogens with zero attached hydrogens (tertiary/aromatic N) is 3. The van der Waals surface area contributed by atoms with Gasteiger partial charge in [-0.3, -0.25) is 9.98 Å². The smallest absolute Gasteiger partial charge is 0.338 e. The monoisotopic (exact) mass is 419 g/mol. The van der Waals surface area contributed by atoms with Gasteiger partial charge in [-0.15, -0.1) is 0 Å². The highest BCUT2D eigenvalue weighted by Crippen LogP contribution is 2.38. The number of hydrogen-bond donors (Lipinski definition) is 2. The minimum atomic E-state index is -0.597. The number of rotatable bonds is 5. The van der Waals surface area contributed by atoms with Crippen LogP contribution in [0, 0.1) is 5.41 Å². The molecule has 0 saturated heterocycles. The van der Waals surface area contributed by atoms with Gasteiger partial charge in [0.2, 0.25) is 11.6 Å². The van der Waals surface area contributed by atoms with Crippen LogP contribution in [-0.4, -0.2) is 33.4 Å². The summed E-state index contributed by atoms with van der Waals surface area (Å²) < 4.78 is 7.06. The summed E-state index contributed by atoms with van der Waals surface area (Å²) >= 11 is 1.36. The number of nitrogens with one attached hydrogen (secondary N) is 2. The Morgan fingerprint density at radius 1 is 1.13 bits per heavy atom. The molecule has 0 spiro atoms. The normalized spacial score (nSPS) is 15.3. The Hall–Kier alpha value is -3.39. The van der Waals surface area contributed by atoms with Gasteiger partial charge in [-0.1, -0.05) is 72.4 Å². The summed E-state index contributed by atoms with van der Waals surface area (Å²) in [6.45, 7) is 2.03. The summed E-state index contributed by atoms with van der Waals surface area (Å²) in [6, 6.07) is 18.6. The molecule has 2 heterocycles. The van der Waals surface area contributed by atoms with E-state index in [9.17, 15) is 4.79 Å². The predicted octanol–water partition coefficient (Wildman–Crippen LogP) is 3.47. The Bertz CT molecular complexity index is 1160. The van der Waals surface area contributed by atoms with E-state index in [2.05, 4.69) is 15.3 Å². The van der Waals surface area contributed by atoms with Gasteiger partial charge in [0.05, 0.1) is 23.9 Å². The number of carbonyl (C=O) groups excluding carboxylic acids is 1. The molecule has 2 aromatic carbocycles. The highest BCUT2D eigenvalue weighted by atomic mass is 32.2. The van der Waals surface area contributed by atoms with Gasteiger partial charge in [0.25, 0.3) is 0 Å². The minimum Gasteiger partial charge on any atom is -0.463 e. The maximum absolute atomic E-state index is 13.2. The first-order chi connectivity index (χ1) is 14.6. The molecule has 0 radical (unpaired) electrons. The van der Waals surface area contributed by atoms with Crippen LogP contribution >= 0.6 is 11.8 Å². The van der Waals surface area contributed by atoms with E-state index in [1.165, 1.54) is 11.8 Å². The number of fused-ring (bicyclic) bond motifs is 1. The Labute approximate surface area is 178 Å². The van der Waals surface area contributed by atoms with Crippen molar-refractivity contribution in [3.8, 4) is 0 Å². The maximum atomic E-state index is 13.2. The van der Waals surface area contributed by atoms with Gasteiger partial charge >= 0.3 is 5.97 Å². The largest absolute Gasteiger partial charge is 0.463 e. The first kappa shape index (κ1) is 19.9. The number of ether oxygens (including phenoxy) is 1. The number of thioether (sulfide) groups is 1. The molecule has 30 heavy (non-hydrogen) atoms. The van der Waals surface area contributed by atoms with Crippen LogP contribution in [0.25, 0.3) is 5.70 Å². The Morgan fingerprint density at radius 2 is 1.80 bits per heavy atom. The summed E-state index contributed by atoms with van der Waals surface area (Å²) in [6.07, 6.45) is 1.86. The van der Waals surface area contributed by atoms with Crippen LogP contribution < -0.4 is 10.9 Å². The van der Waals surface area contributed by atoms with E-state index in [4.69, 9.17) is 10.1 Å². The van der Waals surface area contributed by atoms with Crippen molar-refractivity contribution in [3.05, 3.63) is 83.0 Å². The average Bonchev–Trinajstić information content (AvgIpc) is 2.79. The zero-order valence-corrected chi connectivity index (χ0v) is 17.4. The SMILES string of the molecule is CCOC(=O)C1=C(c2ccccc2)Nc2nc(SC)nc(=N)n2C1c1ccccc1. The Morgan fingerprint density at radius 3 is 2.43 bits per heavy atom. The lowest BCUT2D eigenvalue weighted by atomic mass is 9.92. The topological polar surface area (TPSA) is 92.9 Å². The number of benzene rings is 2. The molecule has 1 aromatic heterocycles. The van der Waals surface area contributed by atoms with E-state index in [0.717, 1.165) is 11.1 Å². The second kappa shape index (κ2) is 8.54. The molecule has 1 aliphatic heterocycles. The lowest BCUT2D eigenvalue weighted by molar-refractivity contribution is -0.138. The highest BCUT2D eigenvalue weighted by Gasteiger charge is 2.36. The zero-order chi connectivity index (χ0) is 21.1. The minimum absolute atomic E-state index is 0.0135. The molecule has 0 fully saturated rings. The van der Waals surface area contributed by atoms with Crippen molar-refractivity contribution >= 4 is 29.4 Å². The molecule has 0 aliphatic carbocycles. The second-order valence-electron chi connectivity index (χ2n) is 6.54. The number of hydrogen-bond acceptors (Lipinski definition) is 7. The van der Waals surface area contributed by atoms with Crippen LogP contribution in [0.15, 0.2) is 71.4 Å². The van der Waals surface area contributed by atoms with Crippen LogP contribution in [-0.2, 0) is 9.53 Å². The molecule has 7 nitrogen and oxygen atoms in total. The molecule has 0 amide bonds. The van der Waals surface area contributed by atoms with E-state index in [0.29, 0.717) is 22.4 Å². The fraction of sp³-hybridized carbons (Fsp3) is 0.182. The van der Waals surface area contributed by atoms with Crippen LogP contribution in [0.3, 0.4) is 0 Å². The van der Waals surface area contributed by atoms with Gasteiger partial charge in [-0.05, 0) is 24.3 Å². The van der Waals surface area contributed by atoms with Crippen LogP contribution in [0.5, 0.6) is 0 Å².